The molecular formula is C19H22N2S. The van der Waals surface area contributed by atoms with Gasteiger partial charge in [0.2, 0.25) is 0 Å². The van der Waals surface area contributed by atoms with E-state index >= 15 is 0 Å². The molecule has 22 heavy (non-hydrogen) atoms. The van der Waals surface area contributed by atoms with Gasteiger partial charge in [-0.1, -0.05) is 42.5 Å². The maximum atomic E-state index is 4.68. The number of rotatable bonds is 8. The van der Waals surface area contributed by atoms with E-state index in [9.17, 15) is 0 Å². The van der Waals surface area contributed by atoms with Crippen molar-refractivity contribution in [1.29, 1.82) is 0 Å². The van der Waals surface area contributed by atoms with Gasteiger partial charge in [-0.2, -0.15) is 0 Å². The second-order valence-electron chi connectivity index (χ2n) is 5.52. The molecular weight excluding hydrogens is 288 g/mol. The Bertz CT molecular complexity index is 658. The zero-order chi connectivity index (χ0) is 15.0. The Morgan fingerprint density at radius 2 is 1.55 bits per heavy atom. The van der Waals surface area contributed by atoms with Crippen LogP contribution in [0.4, 0.5) is 0 Å². The van der Waals surface area contributed by atoms with Crippen molar-refractivity contribution in [3.8, 4) is 0 Å². The van der Waals surface area contributed by atoms with Crippen molar-refractivity contribution in [2.24, 2.45) is 0 Å². The van der Waals surface area contributed by atoms with Gasteiger partial charge in [0.1, 0.15) is 0 Å². The summed E-state index contributed by atoms with van der Waals surface area (Å²) >= 11 is 1.82. The van der Waals surface area contributed by atoms with E-state index in [1.807, 2.05) is 11.3 Å². The van der Waals surface area contributed by atoms with Gasteiger partial charge in [-0.25, -0.2) is 4.98 Å². The highest BCUT2D eigenvalue weighted by Crippen LogP contribution is 2.22. The summed E-state index contributed by atoms with van der Waals surface area (Å²) in [6.45, 7) is 2.17. The first-order valence-electron chi connectivity index (χ1n) is 8.01. The number of aromatic nitrogens is 1. The van der Waals surface area contributed by atoms with Crippen LogP contribution in [0.5, 0.6) is 0 Å². The summed E-state index contributed by atoms with van der Waals surface area (Å²) in [6.07, 6.45) is 4.59. The molecule has 0 bridgehead atoms. The van der Waals surface area contributed by atoms with Gasteiger partial charge >= 0.3 is 0 Å². The summed E-state index contributed by atoms with van der Waals surface area (Å²) in [5.74, 6) is 0. The highest BCUT2D eigenvalue weighted by atomic mass is 32.1. The zero-order valence-corrected chi connectivity index (χ0v) is 13.6. The van der Waals surface area contributed by atoms with Crippen LogP contribution in [0.2, 0.25) is 0 Å². The number of hydrogen-bond acceptors (Lipinski definition) is 3. The normalized spacial score (nSPS) is 11.1. The molecule has 0 atom stereocenters. The number of aryl methyl sites for hydroxylation is 2. The molecule has 0 spiro atoms. The lowest BCUT2D eigenvalue weighted by Crippen LogP contribution is -2.17. The fourth-order valence-corrected chi connectivity index (χ4v) is 3.59. The molecule has 2 aromatic carbocycles. The van der Waals surface area contributed by atoms with E-state index in [0.29, 0.717) is 0 Å². The molecule has 1 N–H and O–H groups in total. The van der Waals surface area contributed by atoms with Gasteiger partial charge in [0, 0.05) is 6.42 Å². The van der Waals surface area contributed by atoms with Crippen molar-refractivity contribution < 1.29 is 0 Å². The maximum Gasteiger partial charge on any atom is 0.0939 e. The Balaban J connectivity index is 1.30. The lowest BCUT2D eigenvalue weighted by Gasteiger charge is -2.04. The van der Waals surface area contributed by atoms with E-state index in [2.05, 4.69) is 64.9 Å². The third-order valence-corrected chi connectivity index (χ3v) is 4.84. The Hall–Kier alpha value is -1.71. The second-order valence-corrected chi connectivity index (χ2v) is 6.63. The predicted molar refractivity (Wildman–Crippen MR) is 95.6 cm³/mol. The number of benzene rings is 2. The fraction of sp³-hybridized carbons (Fsp3) is 0.316. The minimum atomic E-state index is 1.07. The van der Waals surface area contributed by atoms with E-state index in [1.165, 1.54) is 21.7 Å². The topological polar surface area (TPSA) is 24.9 Å². The summed E-state index contributed by atoms with van der Waals surface area (Å²) < 4.78 is 1.30. The third-order valence-electron chi connectivity index (χ3n) is 3.74. The Labute approximate surface area is 136 Å². The van der Waals surface area contributed by atoms with Crippen molar-refractivity contribution in [1.82, 2.24) is 10.3 Å². The maximum absolute atomic E-state index is 4.68. The quantitative estimate of drug-likeness (QED) is 0.622. The van der Waals surface area contributed by atoms with Crippen LogP contribution < -0.4 is 5.32 Å². The Morgan fingerprint density at radius 3 is 2.36 bits per heavy atom. The van der Waals surface area contributed by atoms with E-state index in [4.69, 9.17) is 0 Å². The molecule has 1 aromatic heterocycles. The van der Waals surface area contributed by atoms with Crippen molar-refractivity contribution in [2.75, 3.05) is 13.1 Å². The predicted octanol–water partition coefficient (Wildman–Crippen LogP) is 4.45. The van der Waals surface area contributed by atoms with Crippen LogP contribution in [0.3, 0.4) is 0 Å². The SMILES string of the molecule is c1ccc(CCCNCCCc2nc3ccccc3s2)cc1. The number of para-hydroxylation sites is 1. The van der Waals surface area contributed by atoms with Gasteiger partial charge < -0.3 is 5.32 Å². The van der Waals surface area contributed by atoms with Crippen LogP contribution in [0.15, 0.2) is 54.6 Å². The molecule has 3 aromatic rings. The number of nitrogens with one attached hydrogen (secondary N) is 1. The van der Waals surface area contributed by atoms with Crippen LogP contribution >= 0.6 is 11.3 Å². The lowest BCUT2D eigenvalue weighted by molar-refractivity contribution is 0.622. The summed E-state index contributed by atoms with van der Waals surface area (Å²) in [4.78, 5) is 4.68. The standard InChI is InChI=1S/C19H22N2S/c1-2-8-16(9-3-1)10-6-14-20-15-7-13-19-21-17-11-4-5-12-18(17)22-19/h1-5,8-9,11-12,20H,6-7,10,13-15H2. The molecule has 114 valence electrons. The highest BCUT2D eigenvalue weighted by molar-refractivity contribution is 7.18. The van der Waals surface area contributed by atoms with Gasteiger partial charge in [-0.05, 0) is 50.0 Å². The minimum absolute atomic E-state index is 1.07. The molecule has 0 aliphatic rings. The van der Waals surface area contributed by atoms with E-state index < -0.39 is 0 Å². The van der Waals surface area contributed by atoms with Crippen molar-refractivity contribution in [3.63, 3.8) is 0 Å². The molecule has 0 unspecified atom stereocenters. The van der Waals surface area contributed by atoms with Gasteiger partial charge in [0.05, 0.1) is 15.2 Å². The highest BCUT2D eigenvalue weighted by Gasteiger charge is 2.02. The monoisotopic (exact) mass is 310 g/mol. The van der Waals surface area contributed by atoms with Crippen LogP contribution in [0.1, 0.15) is 23.4 Å². The molecule has 0 saturated heterocycles. The lowest BCUT2D eigenvalue weighted by atomic mass is 10.1. The Morgan fingerprint density at radius 1 is 0.818 bits per heavy atom. The van der Waals surface area contributed by atoms with Gasteiger partial charge in [0.15, 0.2) is 0 Å². The van der Waals surface area contributed by atoms with Crippen LogP contribution in [-0.4, -0.2) is 18.1 Å². The van der Waals surface area contributed by atoms with Crippen molar-refractivity contribution in [2.45, 2.75) is 25.7 Å². The van der Waals surface area contributed by atoms with Crippen LogP contribution in [0.25, 0.3) is 10.2 Å². The summed E-state index contributed by atoms with van der Waals surface area (Å²) in [5, 5.41) is 4.79. The van der Waals surface area contributed by atoms with Crippen LogP contribution in [0, 0.1) is 0 Å². The van der Waals surface area contributed by atoms with Gasteiger partial charge in [-0.3, -0.25) is 0 Å². The first-order chi connectivity index (χ1) is 10.9. The molecule has 1 heterocycles. The van der Waals surface area contributed by atoms with Crippen molar-refractivity contribution >= 4 is 21.6 Å². The molecule has 0 aliphatic carbocycles. The largest absolute Gasteiger partial charge is 0.317 e. The first-order valence-corrected chi connectivity index (χ1v) is 8.82. The van der Waals surface area contributed by atoms with Crippen LogP contribution in [-0.2, 0) is 12.8 Å². The first kappa shape index (κ1) is 15.2. The zero-order valence-electron chi connectivity index (χ0n) is 12.8. The minimum Gasteiger partial charge on any atom is -0.317 e. The molecule has 3 heteroatoms. The fourth-order valence-electron chi connectivity index (χ4n) is 2.58. The smallest absolute Gasteiger partial charge is 0.0939 e. The molecule has 0 fully saturated rings. The number of fused-ring (bicyclic) bond motifs is 1. The Kier molecular flexibility index (Phi) is 5.57. The summed E-state index contributed by atoms with van der Waals surface area (Å²) in [5.41, 5.74) is 2.57. The van der Waals surface area contributed by atoms with Gasteiger partial charge in [-0.15, -0.1) is 11.3 Å². The number of nitrogens with zero attached hydrogens (tertiary/aromatic N) is 1. The molecule has 3 rings (SSSR count). The van der Waals surface area contributed by atoms with Gasteiger partial charge in [0.25, 0.3) is 0 Å². The number of thiazole rings is 1. The molecule has 0 amide bonds. The molecule has 0 aliphatic heterocycles. The van der Waals surface area contributed by atoms with Crippen molar-refractivity contribution in [3.05, 3.63) is 65.2 Å². The van der Waals surface area contributed by atoms with E-state index in [1.54, 1.807) is 0 Å². The average molecular weight is 310 g/mol. The molecule has 0 radical (unpaired) electrons. The third kappa shape index (κ3) is 4.39. The second kappa shape index (κ2) is 8.06. The van der Waals surface area contributed by atoms with E-state index in [-0.39, 0.29) is 0 Å². The summed E-state index contributed by atoms with van der Waals surface area (Å²) in [6, 6.07) is 19.1. The average Bonchev–Trinajstić information content (AvgIpc) is 2.97. The molecule has 0 saturated carbocycles. The van der Waals surface area contributed by atoms with E-state index in [0.717, 1.165) is 37.9 Å². The molecule has 2 nitrogen and oxygen atoms in total. The number of hydrogen-bond donors (Lipinski definition) is 1. The summed E-state index contributed by atoms with van der Waals surface area (Å²) in [7, 11) is 0.